The molecule has 0 saturated heterocycles. The summed E-state index contributed by atoms with van der Waals surface area (Å²) < 4.78 is 5.13. The van der Waals surface area contributed by atoms with Crippen molar-refractivity contribution in [2.24, 2.45) is 5.10 Å². The predicted molar refractivity (Wildman–Crippen MR) is 111 cm³/mol. The van der Waals surface area contributed by atoms with E-state index in [1.165, 1.54) is 30.5 Å². The molecule has 2 amide bonds. The third kappa shape index (κ3) is 4.76. The van der Waals surface area contributed by atoms with Crippen molar-refractivity contribution >= 4 is 28.9 Å². The van der Waals surface area contributed by atoms with Crippen molar-refractivity contribution in [1.29, 1.82) is 0 Å². The number of carbonyl (C=O) groups excluding carboxylic acids is 2. The van der Waals surface area contributed by atoms with Gasteiger partial charge in [0.05, 0.1) is 22.5 Å². The number of furan rings is 1. The molecule has 1 aromatic heterocycles. The number of amides is 2. The fourth-order valence-corrected chi connectivity index (χ4v) is 2.64. The number of hydrogen-bond acceptors (Lipinski definition) is 6. The maximum atomic E-state index is 12.2. The summed E-state index contributed by atoms with van der Waals surface area (Å²) in [7, 11) is 0. The molecule has 0 atom stereocenters. The normalized spacial score (nSPS) is 11.1. The van der Waals surface area contributed by atoms with Gasteiger partial charge in [0.25, 0.3) is 17.5 Å². The molecular formula is C21H18N4O5. The molecule has 0 unspecified atom stereocenters. The monoisotopic (exact) mass is 406 g/mol. The van der Waals surface area contributed by atoms with E-state index in [1.54, 1.807) is 44.2 Å². The first kappa shape index (κ1) is 20.5. The van der Waals surface area contributed by atoms with Gasteiger partial charge in [-0.3, -0.25) is 19.7 Å². The molecule has 3 rings (SSSR count). The van der Waals surface area contributed by atoms with Crippen LogP contribution in [0.3, 0.4) is 0 Å². The molecule has 0 bridgehead atoms. The lowest BCUT2D eigenvalue weighted by molar-refractivity contribution is -0.384. The van der Waals surface area contributed by atoms with E-state index < -0.39 is 10.8 Å². The summed E-state index contributed by atoms with van der Waals surface area (Å²) in [6, 6.07) is 13.9. The van der Waals surface area contributed by atoms with Gasteiger partial charge in [-0.1, -0.05) is 18.2 Å². The second-order valence-electron chi connectivity index (χ2n) is 6.37. The highest BCUT2D eigenvalue weighted by Gasteiger charge is 2.12. The molecule has 9 heteroatoms. The van der Waals surface area contributed by atoms with Gasteiger partial charge in [-0.25, -0.2) is 5.43 Å². The van der Waals surface area contributed by atoms with E-state index >= 15 is 0 Å². The fraction of sp³-hybridized carbons (Fsp3) is 0.0952. The Hall–Kier alpha value is -4.27. The predicted octanol–water partition coefficient (Wildman–Crippen LogP) is 3.90. The van der Waals surface area contributed by atoms with Crippen LogP contribution in [0.4, 0.5) is 11.4 Å². The summed E-state index contributed by atoms with van der Waals surface area (Å²) in [6.07, 6.45) is 1.45. The van der Waals surface area contributed by atoms with E-state index in [0.717, 1.165) is 5.56 Å². The second kappa shape index (κ2) is 8.82. The van der Waals surface area contributed by atoms with E-state index in [1.807, 2.05) is 0 Å². The highest BCUT2D eigenvalue weighted by Crippen LogP contribution is 2.15. The largest absolute Gasteiger partial charge is 0.469 e. The zero-order valence-electron chi connectivity index (χ0n) is 16.2. The number of rotatable bonds is 6. The Morgan fingerprint density at radius 1 is 1.03 bits per heavy atom. The second-order valence-corrected chi connectivity index (χ2v) is 6.37. The number of hydrogen-bond donors (Lipinski definition) is 2. The molecule has 3 aromatic rings. The topological polar surface area (TPSA) is 127 Å². The molecule has 0 saturated carbocycles. The van der Waals surface area contributed by atoms with Crippen molar-refractivity contribution < 1.29 is 18.9 Å². The molecular weight excluding hydrogens is 388 g/mol. The summed E-state index contributed by atoms with van der Waals surface area (Å²) in [4.78, 5) is 34.6. The number of benzene rings is 2. The van der Waals surface area contributed by atoms with Gasteiger partial charge in [0.2, 0.25) is 0 Å². The maximum Gasteiger partial charge on any atom is 0.271 e. The van der Waals surface area contributed by atoms with Crippen LogP contribution in [-0.2, 0) is 0 Å². The Labute approximate surface area is 171 Å². The first-order chi connectivity index (χ1) is 14.3. The smallest absolute Gasteiger partial charge is 0.271 e. The van der Waals surface area contributed by atoms with Crippen molar-refractivity contribution in [2.45, 2.75) is 13.8 Å². The zero-order valence-corrected chi connectivity index (χ0v) is 16.2. The van der Waals surface area contributed by atoms with Gasteiger partial charge >= 0.3 is 0 Å². The highest BCUT2D eigenvalue weighted by atomic mass is 16.6. The Balaban J connectivity index is 1.64. The van der Waals surface area contributed by atoms with Gasteiger partial charge < -0.3 is 9.73 Å². The third-order valence-electron chi connectivity index (χ3n) is 4.31. The molecule has 2 N–H and O–H groups in total. The minimum Gasteiger partial charge on any atom is -0.469 e. The molecule has 0 fully saturated rings. The minimum atomic E-state index is -0.570. The molecule has 0 spiro atoms. The molecule has 0 radical (unpaired) electrons. The molecule has 30 heavy (non-hydrogen) atoms. The van der Waals surface area contributed by atoms with E-state index in [2.05, 4.69) is 15.8 Å². The lowest BCUT2D eigenvalue weighted by Crippen LogP contribution is -2.19. The Kier molecular flexibility index (Phi) is 6.02. The number of anilines is 1. The van der Waals surface area contributed by atoms with Gasteiger partial charge in [0.15, 0.2) is 0 Å². The maximum absolute atomic E-state index is 12.2. The summed E-state index contributed by atoms with van der Waals surface area (Å²) in [5, 5.41) is 17.6. The van der Waals surface area contributed by atoms with Gasteiger partial charge in [-0.15, -0.1) is 0 Å². The van der Waals surface area contributed by atoms with Gasteiger partial charge in [-0.2, -0.15) is 5.10 Å². The average Bonchev–Trinajstić information content (AvgIpc) is 3.18. The van der Waals surface area contributed by atoms with Crippen LogP contribution in [0.1, 0.15) is 39.0 Å². The van der Waals surface area contributed by atoms with Gasteiger partial charge in [0, 0.05) is 23.4 Å². The third-order valence-corrected chi connectivity index (χ3v) is 4.31. The van der Waals surface area contributed by atoms with Crippen LogP contribution in [0.15, 0.2) is 70.4 Å². The summed E-state index contributed by atoms with van der Waals surface area (Å²) in [5.74, 6) is -0.299. The van der Waals surface area contributed by atoms with Crippen molar-refractivity contribution in [3.63, 3.8) is 0 Å². The van der Waals surface area contributed by atoms with E-state index in [0.29, 0.717) is 22.7 Å². The molecule has 0 aliphatic carbocycles. The van der Waals surface area contributed by atoms with Crippen LogP contribution in [0.2, 0.25) is 0 Å². The van der Waals surface area contributed by atoms with Crippen molar-refractivity contribution in [3.8, 4) is 0 Å². The Morgan fingerprint density at radius 3 is 2.40 bits per heavy atom. The van der Waals surface area contributed by atoms with Crippen molar-refractivity contribution in [3.05, 3.63) is 93.4 Å². The Morgan fingerprint density at radius 2 is 1.77 bits per heavy atom. The molecule has 0 aliphatic rings. The van der Waals surface area contributed by atoms with Crippen LogP contribution in [0, 0.1) is 17.0 Å². The average molecular weight is 406 g/mol. The lowest BCUT2D eigenvalue weighted by atomic mass is 10.1. The summed E-state index contributed by atoms with van der Waals surface area (Å²) >= 11 is 0. The highest BCUT2D eigenvalue weighted by molar-refractivity contribution is 6.05. The summed E-state index contributed by atoms with van der Waals surface area (Å²) in [5.41, 5.74) is 4.65. The van der Waals surface area contributed by atoms with E-state index in [4.69, 9.17) is 4.42 Å². The number of non-ortho nitro benzene ring substituents is 1. The quantitative estimate of drug-likeness (QED) is 0.365. The standard InChI is InChI=1S/C21H18N4O5/c1-13(23-24-20(26)16-4-3-5-18(12-16)25(28)29)15-6-8-17(9-7-15)22-21(27)19-10-11-30-14(19)2/h3-12H,1-2H3,(H,22,27)(H,24,26)/b23-13-. The number of nitrogens with zero attached hydrogens (tertiary/aromatic N) is 2. The van der Waals surface area contributed by atoms with Gasteiger partial charge in [0.1, 0.15) is 5.76 Å². The number of aryl methyl sites for hydroxylation is 1. The molecule has 0 aliphatic heterocycles. The number of nitro benzene ring substituents is 1. The van der Waals surface area contributed by atoms with Crippen LogP contribution in [0.5, 0.6) is 0 Å². The first-order valence-corrected chi connectivity index (χ1v) is 8.90. The number of carbonyl (C=O) groups is 2. The number of hydrazone groups is 1. The zero-order chi connectivity index (χ0) is 21.7. The van der Waals surface area contributed by atoms with Crippen LogP contribution in [0.25, 0.3) is 0 Å². The van der Waals surface area contributed by atoms with E-state index in [9.17, 15) is 19.7 Å². The van der Waals surface area contributed by atoms with Crippen LogP contribution in [-0.4, -0.2) is 22.4 Å². The fourth-order valence-electron chi connectivity index (χ4n) is 2.64. The minimum absolute atomic E-state index is 0.133. The summed E-state index contributed by atoms with van der Waals surface area (Å²) in [6.45, 7) is 3.41. The molecule has 1 heterocycles. The number of nitrogens with one attached hydrogen (secondary N) is 2. The lowest BCUT2D eigenvalue weighted by Gasteiger charge is -2.07. The van der Waals surface area contributed by atoms with Gasteiger partial charge in [-0.05, 0) is 43.7 Å². The molecule has 152 valence electrons. The molecule has 2 aromatic carbocycles. The SMILES string of the molecule is C/C(=N/NC(=O)c1cccc([N+](=O)[O-])c1)c1ccc(NC(=O)c2ccoc2C)cc1. The van der Waals surface area contributed by atoms with Crippen molar-refractivity contribution in [2.75, 3.05) is 5.32 Å². The first-order valence-electron chi connectivity index (χ1n) is 8.90. The Bertz CT molecular complexity index is 1130. The number of nitro groups is 1. The van der Waals surface area contributed by atoms with E-state index in [-0.39, 0.29) is 17.2 Å². The van der Waals surface area contributed by atoms with Crippen LogP contribution < -0.4 is 10.7 Å². The van der Waals surface area contributed by atoms with Crippen molar-refractivity contribution in [1.82, 2.24) is 5.43 Å². The van der Waals surface area contributed by atoms with Crippen LogP contribution >= 0.6 is 0 Å². The molecule has 9 nitrogen and oxygen atoms in total.